The van der Waals surface area contributed by atoms with Gasteiger partial charge in [-0.25, -0.2) is 4.39 Å². The van der Waals surface area contributed by atoms with Gasteiger partial charge in [0.15, 0.2) is 0 Å². The summed E-state index contributed by atoms with van der Waals surface area (Å²) in [5, 5.41) is 0.218. The van der Waals surface area contributed by atoms with Gasteiger partial charge in [0.25, 0.3) is 11.1 Å². The Bertz CT molecular complexity index is 1140. The van der Waals surface area contributed by atoms with Crippen molar-refractivity contribution in [1.82, 2.24) is 4.90 Å². The van der Waals surface area contributed by atoms with Gasteiger partial charge in [-0.3, -0.25) is 14.5 Å². The van der Waals surface area contributed by atoms with E-state index in [-0.39, 0.29) is 21.7 Å². The number of carbonyl (C=O) groups excluding carboxylic acids is 2. The molecule has 1 fully saturated rings. The lowest BCUT2D eigenvalue weighted by atomic mass is 10.2. The Morgan fingerprint density at radius 3 is 2.52 bits per heavy atom. The maximum absolute atomic E-state index is 13.3. The standard InChI is InChI=1S/C21H12Cl2FNO3S/c22-14-4-1-12(2-5-14)11-25-20(26)19(29-21(25)27)10-15-6-8-18(28-15)13-3-7-17(24)16(23)9-13/h1-10H,11H2/b19-10-. The minimum absolute atomic E-state index is 0.0104. The zero-order chi connectivity index (χ0) is 20.5. The van der Waals surface area contributed by atoms with Crippen LogP contribution in [-0.4, -0.2) is 16.0 Å². The van der Waals surface area contributed by atoms with E-state index in [1.807, 2.05) is 0 Å². The number of nitrogens with zero attached hydrogens (tertiary/aromatic N) is 1. The molecule has 0 unspecified atom stereocenters. The number of furan rings is 1. The van der Waals surface area contributed by atoms with E-state index >= 15 is 0 Å². The highest BCUT2D eigenvalue weighted by Crippen LogP contribution is 2.34. The fraction of sp³-hybridized carbons (Fsp3) is 0.0476. The first-order valence-electron chi connectivity index (χ1n) is 8.46. The first-order chi connectivity index (χ1) is 13.9. The molecule has 0 aliphatic carbocycles. The molecule has 0 N–H and O–H groups in total. The topological polar surface area (TPSA) is 50.5 Å². The number of imide groups is 1. The second-order valence-corrected chi connectivity index (χ2v) is 8.06. The number of halogens is 3. The van der Waals surface area contributed by atoms with Crippen LogP contribution in [0.1, 0.15) is 11.3 Å². The summed E-state index contributed by atoms with van der Waals surface area (Å²) in [6, 6.07) is 14.6. The van der Waals surface area contributed by atoms with Gasteiger partial charge >= 0.3 is 0 Å². The minimum Gasteiger partial charge on any atom is -0.457 e. The Morgan fingerprint density at radius 2 is 1.79 bits per heavy atom. The van der Waals surface area contributed by atoms with Crippen LogP contribution in [0.3, 0.4) is 0 Å². The zero-order valence-corrected chi connectivity index (χ0v) is 17.0. The second-order valence-electron chi connectivity index (χ2n) is 6.23. The predicted octanol–water partition coefficient (Wildman–Crippen LogP) is 6.63. The van der Waals surface area contributed by atoms with Crippen molar-refractivity contribution >= 4 is 52.2 Å². The Kier molecular flexibility index (Phi) is 5.50. The maximum atomic E-state index is 13.3. The normalized spacial score (nSPS) is 15.6. The number of thioether (sulfide) groups is 1. The molecule has 0 bridgehead atoms. The van der Waals surface area contributed by atoms with Gasteiger partial charge in [-0.05, 0) is 59.8 Å². The smallest absolute Gasteiger partial charge is 0.293 e. The summed E-state index contributed by atoms with van der Waals surface area (Å²) >= 11 is 12.5. The van der Waals surface area contributed by atoms with Gasteiger partial charge in [-0.2, -0.15) is 0 Å². The molecule has 4 rings (SSSR count). The van der Waals surface area contributed by atoms with E-state index in [1.54, 1.807) is 42.5 Å². The first-order valence-corrected chi connectivity index (χ1v) is 10.0. The Balaban J connectivity index is 1.53. The maximum Gasteiger partial charge on any atom is 0.293 e. The third kappa shape index (κ3) is 4.24. The molecule has 0 atom stereocenters. The van der Waals surface area contributed by atoms with Crippen molar-refractivity contribution in [2.45, 2.75) is 6.54 Å². The summed E-state index contributed by atoms with van der Waals surface area (Å²) in [7, 11) is 0. The fourth-order valence-corrected chi connectivity index (χ4v) is 3.90. The molecule has 1 aliphatic heterocycles. The zero-order valence-electron chi connectivity index (χ0n) is 14.7. The first kappa shape index (κ1) is 19.8. The van der Waals surface area contributed by atoms with Gasteiger partial charge in [-0.1, -0.05) is 35.3 Å². The molecule has 1 aliphatic rings. The van der Waals surface area contributed by atoms with Gasteiger partial charge in [-0.15, -0.1) is 0 Å². The van der Waals surface area contributed by atoms with Crippen LogP contribution in [0.15, 0.2) is 63.9 Å². The Labute approximate surface area is 179 Å². The summed E-state index contributed by atoms with van der Waals surface area (Å²) in [6.45, 7) is 0.163. The monoisotopic (exact) mass is 447 g/mol. The van der Waals surface area contributed by atoms with Crippen LogP contribution in [0.4, 0.5) is 9.18 Å². The minimum atomic E-state index is -0.517. The average molecular weight is 448 g/mol. The lowest BCUT2D eigenvalue weighted by Crippen LogP contribution is -2.27. The van der Waals surface area contributed by atoms with E-state index in [1.165, 1.54) is 23.1 Å². The van der Waals surface area contributed by atoms with Crippen molar-refractivity contribution in [3.8, 4) is 11.3 Å². The fourth-order valence-electron chi connectivity index (χ4n) is 2.77. The molecule has 2 heterocycles. The summed E-state index contributed by atoms with van der Waals surface area (Å²) in [6.07, 6.45) is 1.52. The molecular formula is C21H12Cl2FNO3S. The molecule has 0 saturated carbocycles. The number of benzene rings is 2. The number of amides is 2. The highest BCUT2D eigenvalue weighted by Gasteiger charge is 2.35. The predicted molar refractivity (Wildman–Crippen MR) is 112 cm³/mol. The summed E-state index contributed by atoms with van der Waals surface area (Å²) in [5.74, 6) is -0.0368. The van der Waals surface area contributed by atoms with Crippen LogP contribution >= 0.6 is 35.0 Å². The van der Waals surface area contributed by atoms with Gasteiger partial charge in [0.2, 0.25) is 0 Å². The molecule has 8 heteroatoms. The van der Waals surface area contributed by atoms with Gasteiger partial charge in [0.05, 0.1) is 16.5 Å². The highest BCUT2D eigenvalue weighted by atomic mass is 35.5. The molecule has 0 radical (unpaired) electrons. The molecule has 1 aromatic heterocycles. The Hall–Kier alpha value is -2.54. The van der Waals surface area contributed by atoms with Crippen molar-refractivity contribution in [3.05, 3.63) is 86.7 Å². The molecule has 0 spiro atoms. The van der Waals surface area contributed by atoms with E-state index in [4.69, 9.17) is 27.6 Å². The second kappa shape index (κ2) is 8.06. The van der Waals surface area contributed by atoms with Gasteiger partial charge in [0, 0.05) is 16.7 Å². The molecule has 3 aromatic rings. The molecule has 29 heavy (non-hydrogen) atoms. The van der Waals surface area contributed by atoms with E-state index in [0.717, 1.165) is 17.3 Å². The molecule has 4 nitrogen and oxygen atoms in total. The van der Waals surface area contributed by atoms with Gasteiger partial charge < -0.3 is 4.42 Å². The van der Waals surface area contributed by atoms with Crippen LogP contribution in [0.5, 0.6) is 0 Å². The van der Waals surface area contributed by atoms with Crippen molar-refractivity contribution in [3.63, 3.8) is 0 Å². The largest absolute Gasteiger partial charge is 0.457 e. The van der Waals surface area contributed by atoms with E-state index in [0.29, 0.717) is 22.1 Å². The molecule has 2 amide bonds. The van der Waals surface area contributed by atoms with E-state index < -0.39 is 11.7 Å². The van der Waals surface area contributed by atoms with E-state index in [9.17, 15) is 14.0 Å². The lowest BCUT2D eigenvalue weighted by molar-refractivity contribution is -0.123. The molecule has 2 aromatic carbocycles. The lowest BCUT2D eigenvalue weighted by Gasteiger charge is -2.12. The van der Waals surface area contributed by atoms with Crippen molar-refractivity contribution in [1.29, 1.82) is 0 Å². The van der Waals surface area contributed by atoms with Crippen molar-refractivity contribution in [2.24, 2.45) is 0 Å². The highest BCUT2D eigenvalue weighted by molar-refractivity contribution is 8.18. The van der Waals surface area contributed by atoms with Gasteiger partial charge in [0.1, 0.15) is 17.3 Å². The van der Waals surface area contributed by atoms with Crippen LogP contribution in [-0.2, 0) is 11.3 Å². The summed E-state index contributed by atoms with van der Waals surface area (Å²) in [4.78, 5) is 26.3. The number of hydrogen-bond donors (Lipinski definition) is 0. The van der Waals surface area contributed by atoms with Crippen LogP contribution in [0.2, 0.25) is 10.0 Å². The molecule has 146 valence electrons. The summed E-state index contributed by atoms with van der Waals surface area (Å²) in [5.41, 5.74) is 1.40. The number of hydrogen-bond acceptors (Lipinski definition) is 4. The summed E-state index contributed by atoms with van der Waals surface area (Å²) < 4.78 is 19.0. The average Bonchev–Trinajstić information content (AvgIpc) is 3.26. The van der Waals surface area contributed by atoms with Crippen molar-refractivity contribution < 1.29 is 18.4 Å². The molecular weight excluding hydrogens is 436 g/mol. The Morgan fingerprint density at radius 1 is 1.03 bits per heavy atom. The third-order valence-electron chi connectivity index (χ3n) is 4.23. The van der Waals surface area contributed by atoms with Crippen LogP contribution < -0.4 is 0 Å². The number of rotatable bonds is 4. The quantitative estimate of drug-likeness (QED) is 0.421. The molecule has 1 saturated heterocycles. The van der Waals surface area contributed by atoms with Crippen LogP contribution in [0.25, 0.3) is 17.4 Å². The van der Waals surface area contributed by atoms with E-state index in [2.05, 4.69) is 0 Å². The van der Waals surface area contributed by atoms with Crippen LogP contribution in [0, 0.1) is 5.82 Å². The third-order valence-corrected chi connectivity index (χ3v) is 5.68. The number of carbonyl (C=O) groups is 2. The van der Waals surface area contributed by atoms with Crippen molar-refractivity contribution in [2.75, 3.05) is 0 Å². The SMILES string of the molecule is O=C1S/C(=C\c2ccc(-c3ccc(F)c(Cl)c3)o2)C(=O)N1Cc1ccc(Cl)cc1.